The molecule has 0 saturated carbocycles. The molecule has 1 fully saturated rings. The first kappa shape index (κ1) is 49.8. The summed E-state index contributed by atoms with van der Waals surface area (Å²) >= 11 is 0. The Balaban J connectivity index is 1.29. The van der Waals surface area contributed by atoms with Gasteiger partial charge in [-0.3, -0.25) is 14.7 Å². The highest BCUT2D eigenvalue weighted by Crippen LogP contribution is 2.52. The van der Waals surface area contributed by atoms with Crippen LogP contribution in [-0.2, 0) is 31.2 Å². The van der Waals surface area contributed by atoms with Gasteiger partial charge in [-0.05, 0) is 90.9 Å². The van der Waals surface area contributed by atoms with Gasteiger partial charge in [0.15, 0.2) is 0 Å². The van der Waals surface area contributed by atoms with E-state index >= 15 is 4.79 Å². The number of ether oxygens (including phenoxy) is 4. The maximum absolute atomic E-state index is 15.5. The van der Waals surface area contributed by atoms with Crippen molar-refractivity contribution in [3.8, 4) is 28.7 Å². The van der Waals surface area contributed by atoms with Crippen LogP contribution in [0.2, 0.25) is 0 Å². The summed E-state index contributed by atoms with van der Waals surface area (Å²) in [7, 11) is 2.90. The van der Waals surface area contributed by atoms with Crippen molar-refractivity contribution in [2.45, 2.75) is 82.3 Å². The number of carbonyl (C=O) groups is 1. The number of rotatable bonds is 19. The minimum Gasteiger partial charge on any atom is -0.497 e. The molecule has 1 amide bonds. The fourth-order valence-corrected chi connectivity index (χ4v) is 11.7. The zero-order valence-electron chi connectivity index (χ0n) is 40.6. The van der Waals surface area contributed by atoms with E-state index in [1.165, 1.54) is 10.8 Å². The third-order valence-electron chi connectivity index (χ3n) is 13.2. The second-order valence-electron chi connectivity index (χ2n) is 18.0. The monoisotopic (exact) mass is 965 g/mol. The fraction of sp³-hybridized carbons (Fsp3) is 0.345. The number of likely N-dealkylation sites (tertiary alicyclic amines) is 1. The maximum atomic E-state index is 15.5. The molecule has 0 radical (unpaired) electrons. The molecule has 0 bridgehead atoms. The van der Waals surface area contributed by atoms with Gasteiger partial charge in [0, 0.05) is 37.7 Å². The largest absolute Gasteiger partial charge is 0.497 e. The highest BCUT2D eigenvalue weighted by atomic mass is 31.2. The third kappa shape index (κ3) is 10.0. The number of H-pyrrole nitrogens is 1. The lowest BCUT2D eigenvalue weighted by molar-refractivity contribution is -0.0367. The summed E-state index contributed by atoms with van der Waals surface area (Å²) < 4.78 is 42.4. The molecule has 1 N–H and O–H groups in total. The van der Waals surface area contributed by atoms with E-state index in [-0.39, 0.29) is 56.2 Å². The smallest absolute Gasteiger partial charge is 0.410 e. The zero-order valence-corrected chi connectivity index (χ0v) is 41.5. The van der Waals surface area contributed by atoms with Crippen LogP contribution in [0.4, 0.5) is 4.79 Å². The molecule has 8 rings (SSSR count). The number of nitrogens with zero attached hydrogens (tertiary/aromatic N) is 4. The topological polar surface area (TPSA) is 158 Å². The Kier molecular flexibility index (Phi) is 15.7. The van der Waals surface area contributed by atoms with Gasteiger partial charge in [0.2, 0.25) is 0 Å². The maximum Gasteiger partial charge on any atom is 0.410 e. The van der Waals surface area contributed by atoms with Gasteiger partial charge < -0.3 is 32.6 Å². The number of aryl methyl sites for hydroxylation is 1. The molecule has 5 aromatic carbocycles. The molecule has 1 aliphatic carbocycles. The van der Waals surface area contributed by atoms with E-state index in [0.29, 0.717) is 11.5 Å². The van der Waals surface area contributed by atoms with E-state index in [9.17, 15) is 14.9 Å². The van der Waals surface area contributed by atoms with Crippen molar-refractivity contribution in [1.82, 2.24) is 19.1 Å². The Hall–Kier alpha value is -6.59. The van der Waals surface area contributed by atoms with Crippen LogP contribution in [0.25, 0.3) is 11.1 Å². The second-order valence-corrected chi connectivity index (χ2v) is 19.4. The Morgan fingerprint density at radius 1 is 0.771 bits per heavy atom. The summed E-state index contributed by atoms with van der Waals surface area (Å²) in [6.45, 7) is 8.17. The van der Waals surface area contributed by atoms with Gasteiger partial charge in [0.05, 0.1) is 63.7 Å². The quantitative estimate of drug-likeness (QED) is 0.0468. The lowest BCUT2D eigenvalue weighted by Gasteiger charge is -2.40. The molecule has 14 nitrogen and oxygen atoms in total. The number of aromatic nitrogens is 2. The summed E-state index contributed by atoms with van der Waals surface area (Å²) in [6.07, 6.45) is 0.177. The number of hydrogen-bond acceptors (Lipinski definition) is 11. The van der Waals surface area contributed by atoms with Gasteiger partial charge in [0.1, 0.15) is 23.7 Å². The number of aromatic amines is 1. The molecule has 1 aromatic heterocycles. The predicted molar refractivity (Wildman–Crippen MR) is 269 cm³/mol. The Labute approximate surface area is 410 Å². The molecule has 4 atom stereocenters. The predicted octanol–water partition coefficient (Wildman–Crippen LogP) is 9.83. The van der Waals surface area contributed by atoms with Crippen LogP contribution in [-0.4, -0.2) is 83.5 Å². The number of hydrogen-bond donors (Lipinski definition) is 1. The molecule has 1 aliphatic heterocycles. The van der Waals surface area contributed by atoms with Crippen LogP contribution in [0, 0.1) is 11.3 Å². The van der Waals surface area contributed by atoms with Crippen molar-refractivity contribution >= 4 is 14.6 Å². The Morgan fingerprint density at radius 2 is 1.31 bits per heavy atom. The fourth-order valence-electron chi connectivity index (χ4n) is 9.93. The lowest BCUT2D eigenvalue weighted by atomic mass is 9.80. The third-order valence-corrected chi connectivity index (χ3v) is 15.3. The van der Waals surface area contributed by atoms with Crippen LogP contribution < -0.4 is 20.7 Å². The highest BCUT2D eigenvalue weighted by Gasteiger charge is 2.51. The van der Waals surface area contributed by atoms with Gasteiger partial charge in [-0.1, -0.05) is 103 Å². The molecule has 1 unspecified atom stereocenters. The first-order chi connectivity index (χ1) is 33.9. The first-order valence-corrected chi connectivity index (χ1v) is 24.7. The Bertz CT molecular complexity index is 2800. The summed E-state index contributed by atoms with van der Waals surface area (Å²) in [5.41, 5.74) is 4.20. The van der Waals surface area contributed by atoms with E-state index in [0.717, 1.165) is 38.9 Å². The van der Waals surface area contributed by atoms with Crippen molar-refractivity contribution < 1.29 is 32.8 Å². The molecule has 0 spiro atoms. The van der Waals surface area contributed by atoms with Gasteiger partial charge in [-0.15, -0.1) is 0 Å². The summed E-state index contributed by atoms with van der Waals surface area (Å²) in [4.78, 5) is 46.4. The van der Waals surface area contributed by atoms with Crippen molar-refractivity contribution in [3.63, 3.8) is 0 Å². The summed E-state index contributed by atoms with van der Waals surface area (Å²) in [5.74, 6) is 1.05. The standard InChI is InChI=1S/C55H60N5O9P/c1-36(2)60(37(3)4)70(68-31-15-30-56)69-51-32-49(47-33-58(5)53(62)57-52(47)61)59(54(63)66-34-48-45-20-13-11-18-43(45)44-19-12-14-21-46(44)48)50(51)35-67-55(38-16-9-8-10-17-38,39-22-26-41(64-6)27-23-39)40-24-28-42(65-7)29-25-40/h8-14,16-29,33,36-37,48-51H,15,31-32,34-35H2,1-7H3,(H,57,61,62)/t49-,50-,51+,70?/m1/s1. The van der Waals surface area contributed by atoms with E-state index in [1.807, 2.05) is 103 Å². The molecule has 1 saturated heterocycles. The first-order valence-electron chi connectivity index (χ1n) is 23.6. The highest BCUT2D eigenvalue weighted by molar-refractivity contribution is 7.44. The number of fused-ring (bicyclic) bond motifs is 3. The van der Waals surface area contributed by atoms with E-state index in [2.05, 4.69) is 67.7 Å². The molecular weight excluding hydrogens is 906 g/mol. The molecule has 70 heavy (non-hydrogen) atoms. The zero-order chi connectivity index (χ0) is 49.5. The van der Waals surface area contributed by atoms with Gasteiger partial charge in [-0.25, -0.2) is 14.3 Å². The number of methoxy groups -OCH3 is 2. The van der Waals surface area contributed by atoms with E-state index in [1.54, 1.807) is 26.2 Å². The number of benzene rings is 5. The number of amides is 1. The van der Waals surface area contributed by atoms with Crippen LogP contribution in [0.3, 0.4) is 0 Å². The Morgan fingerprint density at radius 3 is 1.86 bits per heavy atom. The summed E-state index contributed by atoms with van der Waals surface area (Å²) in [6, 6.07) is 41.6. The normalized spacial score (nSPS) is 17.1. The average Bonchev–Trinajstić information content (AvgIpc) is 3.89. The lowest BCUT2D eigenvalue weighted by Crippen LogP contribution is -2.48. The van der Waals surface area contributed by atoms with Crippen molar-refractivity contribution in [2.24, 2.45) is 7.05 Å². The second kappa shape index (κ2) is 22.0. The van der Waals surface area contributed by atoms with Crippen molar-refractivity contribution in [3.05, 3.63) is 188 Å². The SMILES string of the molecule is COc1ccc(C(OC[C@@H]2[C@@H](OP(OCCC#N)N(C(C)C)C(C)C)C[C@H](c3cn(C)c(=O)[nH]c3=O)N2C(=O)OCC2c3ccccc3-c3ccccc32)(c2ccccc2)c2ccc(OC)cc2)cc1. The number of carbonyl (C=O) groups excluding carboxylic acids is 1. The summed E-state index contributed by atoms with van der Waals surface area (Å²) in [5, 5.41) is 9.59. The van der Waals surface area contributed by atoms with Gasteiger partial charge in [0.25, 0.3) is 14.1 Å². The average molecular weight is 966 g/mol. The number of nitriles is 1. The van der Waals surface area contributed by atoms with Crippen LogP contribution in [0.5, 0.6) is 11.5 Å². The van der Waals surface area contributed by atoms with E-state index < -0.39 is 49.7 Å². The van der Waals surface area contributed by atoms with Crippen molar-refractivity contribution in [1.29, 1.82) is 5.26 Å². The van der Waals surface area contributed by atoms with Crippen molar-refractivity contribution in [2.75, 3.05) is 34.0 Å². The molecule has 364 valence electrons. The minimum atomic E-state index is -1.87. The molecular formula is C55H60N5O9P. The molecule has 6 aromatic rings. The van der Waals surface area contributed by atoms with Crippen LogP contribution in [0.15, 0.2) is 143 Å². The van der Waals surface area contributed by atoms with Gasteiger partial charge in [-0.2, -0.15) is 5.26 Å². The number of nitrogens with one attached hydrogen (secondary N) is 1. The van der Waals surface area contributed by atoms with Gasteiger partial charge >= 0.3 is 11.8 Å². The molecule has 2 aliphatic rings. The van der Waals surface area contributed by atoms with Crippen LogP contribution >= 0.6 is 8.53 Å². The van der Waals surface area contributed by atoms with Crippen LogP contribution in [0.1, 0.15) is 85.9 Å². The molecule has 15 heteroatoms. The van der Waals surface area contributed by atoms with E-state index in [4.69, 9.17) is 28.0 Å². The minimum absolute atomic E-state index is 0.00290. The molecule has 2 heterocycles.